The summed E-state index contributed by atoms with van der Waals surface area (Å²) in [5, 5.41) is 0.623. The molecule has 2 rings (SSSR count). The second-order valence-corrected chi connectivity index (χ2v) is 5.04. The molecule has 1 amide bonds. The molecule has 1 aromatic rings. The average molecular weight is 340 g/mol. The van der Waals surface area contributed by atoms with Gasteiger partial charge in [0.1, 0.15) is 5.82 Å². The van der Waals surface area contributed by atoms with Gasteiger partial charge in [-0.15, -0.1) is 0 Å². The van der Waals surface area contributed by atoms with E-state index in [0.717, 1.165) is 12.1 Å². The Morgan fingerprint density at radius 3 is 2.53 bits per heavy atom. The van der Waals surface area contributed by atoms with Gasteiger partial charge in [0.05, 0.1) is 5.56 Å². The van der Waals surface area contributed by atoms with Crippen molar-refractivity contribution in [3.05, 3.63) is 29.6 Å². The van der Waals surface area contributed by atoms with Crippen molar-refractivity contribution in [3.63, 3.8) is 0 Å². The summed E-state index contributed by atoms with van der Waals surface area (Å²) < 4.78 is 50.7. The van der Waals surface area contributed by atoms with Crippen LogP contribution < -0.4 is 4.90 Å². The van der Waals surface area contributed by atoms with Crippen LogP contribution in [-0.4, -0.2) is 17.8 Å². The van der Waals surface area contributed by atoms with Gasteiger partial charge in [0.2, 0.25) is 5.91 Å². The Morgan fingerprint density at radius 2 is 2.05 bits per heavy atom. The largest absolute Gasteiger partial charge is 0.419 e. The first kappa shape index (κ1) is 14.3. The van der Waals surface area contributed by atoms with E-state index in [4.69, 9.17) is 0 Å². The molecule has 1 atom stereocenters. The fourth-order valence-corrected chi connectivity index (χ4v) is 2.47. The van der Waals surface area contributed by atoms with E-state index in [1.807, 2.05) is 0 Å². The highest BCUT2D eigenvalue weighted by Gasteiger charge is 2.35. The van der Waals surface area contributed by atoms with Gasteiger partial charge in [-0.1, -0.05) is 15.9 Å². The molecule has 0 aliphatic carbocycles. The predicted octanol–water partition coefficient (Wildman–Crippen LogP) is 3.59. The summed E-state index contributed by atoms with van der Waals surface area (Å²) in [6.45, 7) is 0.384. The van der Waals surface area contributed by atoms with Crippen LogP contribution in [0.5, 0.6) is 0 Å². The molecule has 1 aromatic carbocycles. The Balaban J connectivity index is 2.28. The maximum Gasteiger partial charge on any atom is 0.419 e. The van der Waals surface area contributed by atoms with Gasteiger partial charge in [0, 0.05) is 24.0 Å². The van der Waals surface area contributed by atoms with Gasteiger partial charge in [0.25, 0.3) is 0 Å². The van der Waals surface area contributed by atoms with E-state index in [9.17, 15) is 22.4 Å². The number of hydrogen-bond acceptors (Lipinski definition) is 1. The van der Waals surface area contributed by atoms with Crippen molar-refractivity contribution in [2.75, 3.05) is 16.8 Å². The maximum absolute atomic E-state index is 13.4. The normalized spacial score (nSPS) is 20.2. The third-order valence-corrected chi connectivity index (χ3v) is 3.91. The molecule has 1 aliphatic rings. The van der Waals surface area contributed by atoms with Gasteiger partial charge >= 0.3 is 6.18 Å². The van der Waals surface area contributed by atoms with Crippen molar-refractivity contribution in [1.29, 1.82) is 0 Å². The van der Waals surface area contributed by atoms with E-state index in [1.165, 1.54) is 4.90 Å². The summed E-state index contributed by atoms with van der Waals surface area (Å²) in [7, 11) is 0. The van der Waals surface area contributed by atoms with Gasteiger partial charge in [-0.05, 0) is 24.1 Å². The van der Waals surface area contributed by atoms with Crippen LogP contribution in [0.4, 0.5) is 23.2 Å². The molecule has 2 nitrogen and oxygen atoms in total. The molecule has 1 saturated heterocycles. The van der Waals surface area contributed by atoms with E-state index in [2.05, 4.69) is 15.9 Å². The average Bonchev–Trinajstić information content (AvgIpc) is 2.68. The number of benzene rings is 1. The number of nitrogens with zero attached hydrogens (tertiary/aromatic N) is 1. The summed E-state index contributed by atoms with van der Waals surface area (Å²) in [5.74, 6) is -1.47. The molecule has 104 valence electrons. The number of carbonyl (C=O) groups excluding carboxylic acids is 1. The highest BCUT2D eigenvalue weighted by molar-refractivity contribution is 9.09. The molecule has 19 heavy (non-hydrogen) atoms. The monoisotopic (exact) mass is 339 g/mol. The number of rotatable bonds is 2. The molecule has 7 heteroatoms. The third kappa shape index (κ3) is 2.91. The smallest absolute Gasteiger partial charge is 0.312 e. The maximum atomic E-state index is 13.4. The molecule has 0 N–H and O–H groups in total. The number of halogens is 5. The highest BCUT2D eigenvalue weighted by atomic mass is 79.9. The molecule has 0 radical (unpaired) electrons. The number of amides is 1. The van der Waals surface area contributed by atoms with Crippen LogP contribution in [0.25, 0.3) is 0 Å². The Kier molecular flexibility index (Phi) is 3.85. The standard InChI is InChI=1S/C12H10BrF4NO/c13-5-7-3-11(19)18(6-7)8-1-2-9(10(14)4-8)12(15,16)17/h1-2,4,7H,3,5-6H2. The Bertz CT molecular complexity index is 503. The van der Waals surface area contributed by atoms with E-state index in [0.29, 0.717) is 24.4 Å². The molecule has 1 fully saturated rings. The van der Waals surface area contributed by atoms with E-state index < -0.39 is 17.6 Å². The Labute approximate surface area is 115 Å². The topological polar surface area (TPSA) is 20.3 Å². The van der Waals surface area contributed by atoms with Gasteiger partial charge in [-0.25, -0.2) is 4.39 Å². The minimum Gasteiger partial charge on any atom is -0.312 e. The molecular weight excluding hydrogens is 330 g/mol. The Hall–Kier alpha value is -1.11. The summed E-state index contributed by atoms with van der Waals surface area (Å²) >= 11 is 3.25. The van der Waals surface area contributed by atoms with Crippen LogP contribution in [0, 0.1) is 11.7 Å². The highest BCUT2D eigenvalue weighted by Crippen LogP contribution is 2.34. The molecule has 1 aliphatic heterocycles. The van der Waals surface area contributed by atoms with Gasteiger partial charge < -0.3 is 4.90 Å². The van der Waals surface area contributed by atoms with Crippen molar-refractivity contribution in [3.8, 4) is 0 Å². The van der Waals surface area contributed by atoms with Crippen molar-refractivity contribution >= 4 is 27.5 Å². The van der Waals surface area contributed by atoms with Gasteiger partial charge in [0.15, 0.2) is 0 Å². The van der Waals surface area contributed by atoms with Gasteiger partial charge in [-0.3, -0.25) is 4.79 Å². The summed E-state index contributed by atoms with van der Waals surface area (Å²) in [6.07, 6.45) is -4.41. The first-order valence-electron chi connectivity index (χ1n) is 5.56. The van der Waals surface area contributed by atoms with Crippen molar-refractivity contribution in [1.82, 2.24) is 0 Å². The number of anilines is 1. The van der Waals surface area contributed by atoms with Gasteiger partial charge in [-0.2, -0.15) is 13.2 Å². The first-order valence-corrected chi connectivity index (χ1v) is 6.68. The van der Waals surface area contributed by atoms with Crippen LogP contribution in [-0.2, 0) is 11.0 Å². The molecule has 1 unspecified atom stereocenters. The SMILES string of the molecule is O=C1CC(CBr)CN1c1ccc(C(F)(F)F)c(F)c1. The van der Waals surface area contributed by atoms with E-state index in [-0.39, 0.29) is 17.5 Å². The van der Waals surface area contributed by atoms with Crippen LogP contribution in [0.15, 0.2) is 18.2 Å². The summed E-state index contributed by atoms with van der Waals surface area (Å²) in [6, 6.07) is 2.55. The second-order valence-electron chi connectivity index (χ2n) is 4.39. The minimum atomic E-state index is -4.73. The van der Waals surface area contributed by atoms with Crippen molar-refractivity contribution < 1.29 is 22.4 Å². The van der Waals surface area contributed by atoms with E-state index >= 15 is 0 Å². The lowest BCUT2D eigenvalue weighted by atomic mass is 10.1. The number of hydrogen-bond donors (Lipinski definition) is 0. The quantitative estimate of drug-likeness (QED) is 0.595. The fraction of sp³-hybridized carbons (Fsp3) is 0.417. The molecule has 0 aromatic heterocycles. The molecule has 0 spiro atoms. The lowest BCUT2D eigenvalue weighted by Gasteiger charge is -2.18. The van der Waals surface area contributed by atoms with Crippen LogP contribution in [0.1, 0.15) is 12.0 Å². The summed E-state index contributed by atoms with van der Waals surface area (Å²) in [4.78, 5) is 13.0. The molecule has 0 saturated carbocycles. The van der Waals surface area contributed by atoms with Crippen LogP contribution >= 0.6 is 15.9 Å². The first-order chi connectivity index (χ1) is 8.82. The molecule has 1 heterocycles. The summed E-state index contributed by atoms with van der Waals surface area (Å²) in [5.41, 5.74) is -1.15. The van der Waals surface area contributed by atoms with Crippen molar-refractivity contribution in [2.24, 2.45) is 5.92 Å². The minimum absolute atomic E-state index is 0.0952. The zero-order valence-electron chi connectivity index (χ0n) is 9.68. The molecular formula is C12H10BrF4NO. The van der Waals surface area contributed by atoms with Crippen LogP contribution in [0.2, 0.25) is 0 Å². The fourth-order valence-electron chi connectivity index (χ4n) is 2.04. The zero-order chi connectivity index (χ0) is 14.2. The Morgan fingerprint density at radius 1 is 1.37 bits per heavy atom. The number of alkyl halides is 4. The number of carbonyl (C=O) groups is 1. The van der Waals surface area contributed by atoms with Crippen LogP contribution in [0.3, 0.4) is 0 Å². The second kappa shape index (κ2) is 5.11. The third-order valence-electron chi connectivity index (χ3n) is 2.99. The zero-order valence-corrected chi connectivity index (χ0v) is 11.3. The lowest BCUT2D eigenvalue weighted by Crippen LogP contribution is -2.25. The lowest BCUT2D eigenvalue weighted by molar-refractivity contribution is -0.139. The van der Waals surface area contributed by atoms with Crippen molar-refractivity contribution in [2.45, 2.75) is 12.6 Å². The predicted molar refractivity (Wildman–Crippen MR) is 65.7 cm³/mol. The molecule has 0 bridgehead atoms. The van der Waals surface area contributed by atoms with E-state index in [1.54, 1.807) is 0 Å².